The van der Waals surface area contributed by atoms with Crippen LogP contribution in [-0.2, 0) is 22.6 Å². The van der Waals surface area contributed by atoms with Crippen LogP contribution >= 0.6 is 23.2 Å². The first-order valence-electron chi connectivity index (χ1n) is 12.7. The van der Waals surface area contributed by atoms with Gasteiger partial charge in [0.25, 0.3) is 5.91 Å². The number of hydrogen-bond acceptors (Lipinski definition) is 3. The molecular formula is C30H32Cl2N2O3. The summed E-state index contributed by atoms with van der Waals surface area (Å²) >= 11 is 12.2. The summed E-state index contributed by atoms with van der Waals surface area (Å²) < 4.78 is 5.79. The van der Waals surface area contributed by atoms with Gasteiger partial charge < -0.3 is 15.0 Å². The Bertz CT molecular complexity index is 1160. The zero-order chi connectivity index (χ0) is 26.0. The third-order valence-electron chi connectivity index (χ3n) is 6.64. The molecule has 0 saturated heterocycles. The lowest BCUT2D eigenvalue weighted by Crippen LogP contribution is -2.53. The molecule has 0 heterocycles. The van der Waals surface area contributed by atoms with Crippen LogP contribution in [0.4, 0.5) is 0 Å². The van der Waals surface area contributed by atoms with E-state index in [1.807, 2.05) is 48.5 Å². The highest BCUT2D eigenvalue weighted by Crippen LogP contribution is 2.21. The van der Waals surface area contributed by atoms with Gasteiger partial charge in [-0.25, -0.2) is 0 Å². The van der Waals surface area contributed by atoms with Gasteiger partial charge in [0.1, 0.15) is 11.8 Å². The first-order chi connectivity index (χ1) is 18.0. The van der Waals surface area contributed by atoms with Crippen molar-refractivity contribution >= 4 is 35.0 Å². The van der Waals surface area contributed by atoms with E-state index in [0.29, 0.717) is 22.2 Å². The molecule has 0 aromatic heterocycles. The summed E-state index contributed by atoms with van der Waals surface area (Å²) in [5, 5.41) is 4.40. The second kappa shape index (κ2) is 13.5. The molecule has 1 fully saturated rings. The Labute approximate surface area is 228 Å². The zero-order valence-electron chi connectivity index (χ0n) is 20.7. The van der Waals surface area contributed by atoms with Crippen LogP contribution in [0.15, 0.2) is 78.9 Å². The molecule has 1 atom stereocenters. The molecule has 3 aromatic rings. The van der Waals surface area contributed by atoms with Crippen molar-refractivity contribution < 1.29 is 14.3 Å². The third kappa shape index (κ3) is 8.24. The summed E-state index contributed by atoms with van der Waals surface area (Å²) in [5.74, 6) is 0.110. The average Bonchev–Trinajstić information content (AvgIpc) is 2.91. The van der Waals surface area contributed by atoms with E-state index in [0.717, 1.165) is 36.8 Å². The lowest BCUT2D eigenvalue weighted by atomic mass is 9.94. The number of carbonyl (C=O) groups excluding carboxylic acids is 2. The molecule has 194 valence electrons. The molecule has 1 aliphatic carbocycles. The van der Waals surface area contributed by atoms with E-state index in [1.165, 1.54) is 6.42 Å². The van der Waals surface area contributed by atoms with Gasteiger partial charge in [-0.05, 0) is 60.4 Å². The van der Waals surface area contributed by atoms with Crippen LogP contribution < -0.4 is 10.1 Å². The third-order valence-corrected chi connectivity index (χ3v) is 7.13. The number of halogens is 2. The van der Waals surface area contributed by atoms with Crippen LogP contribution in [0.2, 0.25) is 10.0 Å². The minimum atomic E-state index is -0.704. The van der Waals surface area contributed by atoms with Crippen LogP contribution in [0, 0.1) is 0 Å². The molecule has 1 N–H and O–H groups in total. The number of hydrogen-bond donors (Lipinski definition) is 1. The lowest BCUT2D eigenvalue weighted by Gasteiger charge is -2.33. The number of nitrogens with zero attached hydrogens (tertiary/aromatic N) is 1. The second-order valence-electron chi connectivity index (χ2n) is 9.44. The molecule has 1 saturated carbocycles. The highest BCUT2D eigenvalue weighted by Gasteiger charge is 2.32. The van der Waals surface area contributed by atoms with Crippen molar-refractivity contribution in [1.29, 1.82) is 0 Å². The van der Waals surface area contributed by atoms with E-state index in [-0.39, 0.29) is 31.0 Å². The number of rotatable bonds is 10. The molecule has 3 aromatic carbocycles. The highest BCUT2D eigenvalue weighted by atomic mass is 35.5. The van der Waals surface area contributed by atoms with Crippen LogP contribution in [0.1, 0.15) is 43.2 Å². The van der Waals surface area contributed by atoms with Crippen molar-refractivity contribution in [1.82, 2.24) is 10.2 Å². The minimum absolute atomic E-state index is 0.132. The van der Waals surface area contributed by atoms with Crippen molar-refractivity contribution in [2.45, 2.75) is 57.2 Å². The number of benzene rings is 3. The number of nitrogens with one attached hydrogen (secondary N) is 1. The Hall–Kier alpha value is -3.02. The first kappa shape index (κ1) is 27.0. The van der Waals surface area contributed by atoms with Crippen LogP contribution in [0.25, 0.3) is 0 Å². The number of ether oxygens (including phenoxy) is 1. The first-order valence-corrected chi connectivity index (χ1v) is 13.5. The SMILES string of the molecule is O=C(NC1CCCCC1)[C@@H](Cc1ccccc1)N(Cc1cccc(Cl)c1)C(=O)COc1ccc(Cl)cc1. The Morgan fingerprint density at radius 1 is 0.865 bits per heavy atom. The fourth-order valence-electron chi connectivity index (χ4n) is 4.69. The van der Waals surface area contributed by atoms with Gasteiger partial charge in [0.05, 0.1) is 0 Å². The van der Waals surface area contributed by atoms with Crippen molar-refractivity contribution in [3.63, 3.8) is 0 Å². The second-order valence-corrected chi connectivity index (χ2v) is 10.3. The summed E-state index contributed by atoms with van der Waals surface area (Å²) in [7, 11) is 0. The molecule has 0 unspecified atom stereocenters. The van der Waals surface area contributed by atoms with Gasteiger partial charge in [-0.1, -0.05) is 84.9 Å². The molecule has 0 bridgehead atoms. The van der Waals surface area contributed by atoms with Crippen molar-refractivity contribution in [2.75, 3.05) is 6.61 Å². The standard InChI is InChI=1S/C30H32Cl2N2O3/c31-24-14-16-27(17-15-24)37-21-29(35)34(20-23-10-7-11-25(32)18-23)28(19-22-8-3-1-4-9-22)30(36)33-26-12-5-2-6-13-26/h1,3-4,7-11,14-18,26,28H,2,5-6,12-13,19-21H2,(H,33,36)/t28-/m1/s1. The van der Waals surface area contributed by atoms with E-state index < -0.39 is 6.04 Å². The average molecular weight is 540 g/mol. The number of carbonyl (C=O) groups is 2. The topological polar surface area (TPSA) is 58.6 Å². The van der Waals surface area contributed by atoms with Gasteiger partial charge in [0.2, 0.25) is 5.91 Å². The lowest BCUT2D eigenvalue weighted by molar-refractivity contribution is -0.143. The van der Waals surface area contributed by atoms with E-state index in [4.69, 9.17) is 27.9 Å². The molecule has 0 aliphatic heterocycles. The Morgan fingerprint density at radius 3 is 2.27 bits per heavy atom. The molecular weight excluding hydrogens is 507 g/mol. The largest absolute Gasteiger partial charge is 0.484 e. The molecule has 2 amide bonds. The smallest absolute Gasteiger partial charge is 0.261 e. The van der Waals surface area contributed by atoms with Gasteiger partial charge in [0.15, 0.2) is 6.61 Å². The van der Waals surface area contributed by atoms with Crippen molar-refractivity contribution in [2.24, 2.45) is 0 Å². The zero-order valence-corrected chi connectivity index (χ0v) is 22.3. The quantitative estimate of drug-likeness (QED) is 0.322. The summed E-state index contributed by atoms with van der Waals surface area (Å²) in [6, 6.07) is 23.4. The molecule has 7 heteroatoms. The van der Waals surface area contributed by atoms with Crippen LogP contribution in [0.5, 0.6) is 5.75 Å². The molecule has 1 aliphatic rings. The summed E-state index contributed by atoms with van der Waals surface area (Å²) in [4.78, 5) is 29.0. The van der Waals surface area contributed by atoms with E-state index in [2.05, 4.69) is 5.32 Å². The molecule has 0 radical (unpaired) electrons. The van der Waals surface area contributed by atoms with Crippen LogP contribution in [-0.4, -0.2) is 35.4 Å². The molecule has 5 nitrogen and oxygen atoms in total. The van der Waals surface area contributed by atoms with Crippen molar-refractivity contribution in [3.8, 4) is 5.75 Å². The maximum atomic E-state index is 13.7. The Morgan fingerprint density at radius 2 is 1.57 bits per heavy atom. The van der Waals surface area contributed by atoms with E-state index in [9.17, 15) is 9.59 Å². The highest BCUT2D eigenvalue weighted by molar-refractivity contribution is 6.30. The summed E-state index contributed by atoms with van der Waals surface area (Å²) in [6.07, 6.45) is 5.73. The van der Waals surface area contributed by atoms with E-state index >= 15 is 0 Å². The summed E-state index contributed by atoms with van der Waals surface area (Å²) in [5.41, 5.74) is 1.82. The number of amides is 2. The van der Waals surface area contributed by atoms with E-state index in [1.54, 1.807) is 35.2 Å². The van der Waals surface area contributed by atoms with Gasteiger partial charge in [0, 0.05) is 29.1 Å². The molecule has 4 rings (SSSR count). The fourth-order valence-corrected chi connectivity index (χ4v) is 5.03. The molecule has 37 heavy (non-hydrogen) atoms. The monoisotopic (exact) mass is 538 g/mol. The summed E-state index contributed by atoms with van der Waals surface area (Å²) in [6.45, 7) is 0.0309. The fraction of sp³-hybridized carbons (Fsp3) is 0.333. The maximum Gasteiger partial charge on any atom is 0.261 e. The Balaban J connectivity index is 1.60. The van der Waals surface area contributed by atoms with Gasteiger partial charge in [-0.2, -0.15) is 0 Å². The van der Waals surface area contributed by atoms with Crippen molar-refractivity contribution in [3.05, 3.63) is 100 Å². The predicted octanol–water partition coefficient (Wildman–Crippen LogP) is 6.46. The van der Waals surface area contributed by atoms with Gasteiger partial charge in [-0.15, -0.1) is 0 Å². The maximum absolute atomic E-state index is 13.7. The van der Waals surface area contributed by atoms with Gasteiger partial charge >= 0.3 is 0 Å². The van der Waals surface area contributed by atoms with Crippen LogP contribution in [0.3, 0.4) is 0 Å². The normalized spacial score (nSPS) is 14.5. The predicted molar refractivity (Wildman–Crippen MR) is 148 cm³/mol. The minimum Gasteiger partial charge on any atom is -0.484 e. The van der Waals surface area contributed by atoms with Gasteiger partial charge in [-0.3, -0.25) is 9.59 Å². The molecule has 0 spiro atoms. The Kier molecular flexibility index (Phi) is 9.86.